The van der Waals surface area contributed by atoms with Crippen LogP contribution in [-0.2, 0) is 4.74 Å². The SMILES string of the molecule is CC(C)(C)OC(=O)N[C@H]1CC[C@H](COc2cccc(C(=O)O)c2)CC1. The number of carboxylic acid groups (broad SMARTS) is 1. The normalized spacial score (nSPS) is 20.6. The lowest BCUT2D eigenvalue weighted by Crippen LogP contribution is -2.41. The molecular formula is C19H27NO5. The van der Waals surface area contributed by atoms with Gasteiger partial charge in [-0.05, 0) is 70.6 Å². The molecule has 1 aliphatic carbocycles. The van der Waals surface area contributed by atoms with E-state index in [4.69, 9.17) is 14.6 Å². The average Bonchev–Trinajstić information content (AvgIpc) is 2.52. The number of ether oxygens (including phenoxy) is 2. The molecule has 0 bridgehead atoms. The van der Waals surface area contributed by atoms with Crippen LogP contribution >= 0.6 is 0 Å². The van der Waals surface area contributed by atoms with E-state index in [0.29, 0.717) is 18.3 Å². The predicted octanol–water partition coefficient (Wildman–Crippen LogP) is 3.85. The molecule has 1 saturated carbocycles. The number of hydrogen-bond acceptors (Lipinski definition) is 4. The number of alkyl carbamates (subject to hydrolysis) is 1. The lowest BCUT2D eigenvalue weighted by molar-refractivity contribution is 0.0482. The van der Waals surface area contributed by atoms with E-state index in [2.05, 4.69) is 5.32 Å². The number of amides is 1. The summed E-state index contributed by atoms with van der Waals surface area (Å²) in [6.07, 6.45) is 3.33. The summed E-state index contributed by atoms with van der Waals surface area (Å²) in [7, 11) is 0. The van der Waals surface area contributed by atoms with Gasteiger partial charge in [-0.15, -0.1) is 0 Å². The first-order chi connectivity index (χ1) is 11.7. The topological polar surface area (TPSA) is 84.9 Å². The smallest absolute Gasteiger partial charge is 0.407 e. The molecule has 138 valence electrons. The molecule has 0 heterocycles. The molecule has 1 aliphatic rings. The van der Waals surface area contributed by atoms with Crippen LogP contribution in [0.3, 0.4) is 0 Å². The molecule has 1 fully saturated rings. The van der Waals surface area contributed by atoms with Crippen molar-refractivity contribution in [3.63, 3.8) is 0 Å². The van der Waals surface area contributed by atoms with Crippen LogP contribution in [-0.4, -0.2) is 35.4 Å². The summed E-state index contributed by atoms with van der Waals surface area (Å²) in [4.78, 5) is 22.8. The van der Waals surface area contributed by atoms with Crippen molar-refractivity contribution >= 4 is 12.1 Å². The van der Waals surface area contributed by atoms with E-state index in [9.17, 15) is 9.59 Å². The zero-order valence-electron chi connectivity index (χ0n) is 15.1. The number of benzene rings is 1. The first-order valence-corrected chi connectivity index (χ1v) is 8.68. The van der Waals surface area contributed by atoms with Crippen LogP contribution in [0.25, 0.3) is 0 Å². The van der Waals surface area contributed by atoms with E-state index in [1.807, 2.05) is 20.8 Å². The van der Waals surface area contributed by atoms with Crippen molar-refractivity contribution < 1.29 is 24.2 Å². The van der Waals surface area contributed by atoms with E-state index < -0.39 is 11.6 Å². The molecule has 0 spiro atoms. The van der Waals surface area contributed by atoms with Crippen molar-refractivity contribution in [2.45, 2.75) is 58.1 Å². The summed E-state index contributed by atoms with van der Waals surface area (Å²) >= 11 is 0. The van der Waals surface area contributed by atoms with E-state index >= 15 is 0 Å². The first-order valence-electron chi connectivity index (χ1n) is 8.68. The Bertz CT molecular complexity index is 600. The molecule has 0 unspecified atom stereocenters. The third-order valence-corrected chi connectivity index (χ3v) is 4.13. The molecule has 0 aliphatic heterocycles. The Labute approximate surface area is 148 Å². The molecule has 6 heteroatoms. The number of carboxylic acids is 1. The molecule has 0 atom stereocenters. The molecule has 0 radical (unpaired) electrons. The highest BCUT2D eigenvalue weighted by Gasteiger charge is 2.25. The zero-order valence-corrected chi connectivity index (χ0v) is 15.1. The second-order valence-electron chi connectivity index (χ2n) is 7.51. The van der Waals surface area contributed by atoms with Crippen molar-refractivity contribution in [2.24, 2.45) is 5.92 Å². The fourth-order valence-electron chi connectivity index (χ4n) is 2.88. The van der Waals surface area contributed by atoms with Gasteiger partial charge in [-0.3, -0.25) is 0 Å². The predicted molar refractivity (Wildman–Crippen MR) is 94.0 cm³/mol. The second kappa shape index (κ2) is 8.23. The Morgan fingerprint density at radius 2 is 1.88 bits per heavy atom. The number of aromatic carboxylic acids is 1. The zero-order chi connectivity index (χ0) is 18.4. The van der Waals surface area contributed by atoms with Crippen LogP contribution in [0.1, 0.15) is 56.8 Å². The third kappa shape index (κ3) is 6.64. The van der Waals surface area contributed by atoms with E-state index in [1.165, 1.54) is 6.07 Å². The number of rotatable bonds is 5. The van der Waals surface area contributed by atoms with Gasteiger partial charge in [-0.25, -0.2) is 9.59 Å². The van der Waals surface area contributed by atoms with Gasteiger partial charge in [-0.1, -0.05) is 6.07 Å². The molecule has 1 aromatic rings. The maximum Gasteiger partial charge on any atom is 0.407 e. The summed E-state index contributed by atoms with van der Waals surface area (Å²) in [5, 5.41) is 11.9. The van der Waals surface area contributed by atoms with Crippen LogP contribution in [0.15, 0.2) is 24.3 Å². The van der Waals surface area contributed by atoms with Gasteiger partial charge in [0.25, 0.3) is 0 Å². The molecule has 0 aromatic heterocycles. The van der Waals surface area contributed by atoms with Crippen LogP contribution in [0.4, 0.5) is 4.79 Å². The van der Waals surface area contributed by atoms with Gasteiger partial charge >= 0.3 is 12.1 Å². The molecular weight excluding hydrogens is 322 g/mol. The molecule has 0 saturated heterocycles. The minimum absolute atomic E-state index is 0.140. The Hall–Kier alpha value is -2.24. The summed E-state index contributed by atoms with van der Waals surface area (Å²) in [5.74, 6) is 0.0262. The standard InChI is InChI=1S/C19H27NO5/c1-19(2,3)25-18(23)20-15-9-7-13(8-10-15)12-24-16-6-4-5-14(11-16)17(21)22/h4-6,11,13,15H,7-10,12H2,1-3H3,(H,20,23)(H,21,22)/t13-,15-. The Balaban J connectivity index is 1.73. The summed E-state index contributed by atoms with van der Waals surface area (Å²) < 4.78 is 11.0. The fraction of sp³-hybridized carbons (Fsp3) is 0.579. The molecule has 1 amide bonds. The summed E-state index contributed by atoms with van der Waals surface area (Å²) in [6.45, 7) is 6.10. The van der Waals surface area contributed by atoms with Crippen LogP contribution in [0.5, 0.6) is 5.75 Å². The highest BCUT2D eigenvalue weighted by Crippen LogP contribution is 2.26. The minimum Gasteiger partial charge on any atom is -0.493 e. The van der Waals surface area contributed by atoms with Gasteiger partial charge in [0, 0.05) is 6.04 Å². The van der Waals surface area contributed by atoms with Crippen LogP contribution in [0, 0.1) is 5.92 Å². The molecule has 2 N–H and O–H groups in total. The van der Waals surface area contributed by atoms with Gasteiger partial charge in [0.2, 0.25) is 0 Å². The van der Waals surface area contributed by atoms with E-state index in [1.54, 1.807) is 18.2 Å². The monoisotopic (exact) mass is 349 g/mol. The van der Waals surface area contributed by atoms with Gasteiger partial charge in [-0.2, -0.15) is 0 Å². The second-order valence-corrected chi connectivity index (χ2v) is 7.51. The van der Waals surface area contributed by atoms with Gasteiger partial charge < -0.3 is 19.9 Å². The molecule has 1 aromatic carbocycles. The Morgan fingerprint density at radius 3 is 2.48 bits per heavy atom. The highest BCUT2D eigenvalue weighted by molar-refractivity contribution is 5.87. The van der Waals surface area contributed by atoms with Gasteiger partial charge in [0.15, 0.2) is 0 Å². The molecule has 2 rings (SSSR count). The van der Waals surface area contributed by atoms with Crippen molar-refractivity contribution in [1.82, 2.24) is 5.32 Å². The minimum atomic E-state index is -0.959. The summed E-state index contributed by atoms with van der Waals surface area (Å²) in [6, 6.07) is 6.67. The third-order valence-electron chi connectivity index (χ3n) is 4.13. The lowest BCUT2D eigenvalue weighted by atomic mass is 9.86. The highest BCUT2D eigenvalue weighted by atomic mass is 16.6. The van der Waals surface area contributed by atoms with Crippen molar-refractivity contribution in [3.8, 4) is 5.75 Å². The van der Waals surface area contributed by atoms with Gasteiger partial charge in [0.05, 0.1) is 12.2 Å². The largest absolute Gasteiger partial charge is 0.493 e. The first kappa shape index (κ1) is 19.1. The van der Waals surface area contributed by atoms with E-state index in [0.717, 1.165) is 25.7 Å². The van der Waals surface area contributed by atoms with Crippen LogP contribution < -0.4 is 10.1 Å². The van der Waals surface area contributed by atoms with Crippen LogP contribution in [0.2, 0.25) is 0 Å². The van der Waals surface area contributed by atoms with Crippen molar-refractivity contribution in [3.05, 3.63) is 29.8 Å². The maximum atomic E-state index is 11.8. The lowest BCUT2D eigenvalue weighted by Gasteiger charge is -2.30. The van der Waals surface area contributed by atoms with Crippen molar-refractivity contribution in [1.29, 1.82) is 0 Å². The molecule has 25 heavy (non-hydrogen) atoms. The van der Waals surface area contributed by atoms with Crippen molar-refractivity contribution in [2.75, 3.05) is 6.61 Å². The quantitative estimate of drug-likeness (QED) is 0.843. The number of carbonyl (C=O) groups is 2. The maximum absolute atomic E-state index is 11.8. The average molecular weight is 349 g/mol. The molecule has 6 nitrogen and oxygen atoms in total. The number of carbonyl (C=O) groups excluding carboxylic acids is 1. The van der Waals surface area contributed by atoms with Gasteiger partial charge in [0.1, 0.15) is 11.4 Å². The van der Waals surface area contributed by atoms with E-state index in [-0.39, 0.29) is 17.7 Å². The number of hydrogen-bond donors (Lipinski definition) is 2. The number of nitrogens with one attached hydrogen (secondary N) is 1. The summed E-state index contributed by atoms with van der Waals surface area (Å²) in [5.41, 5.74) is -0.262. The fourth-order valence-corrected chi connectivity index (χ4v) is 2.88. The Kier molecular flexibility index (Phi) is 6.28. The Morgan fingerprint density at radius 1 is 1.20 bits per heavy atom.